The molecule has 0 unspecified atom stereocenters. The van der Waals surface area contributed by atoms with E-state index in [4.69, 9.17) is 9.47 Å². The Kier molecular flexibility index (Phi) is 6.82. The third kappa shape index (κ3) is 5.44. The molecule has 2 aromatic rings. The smallest absolute Gasteiger partial charge is 0.122 e. The molecule has 0 heterocycles. The van der Waals surface area contributed by atoms with Crippen LogP contribution in [0.4, 0.5) is 0 Å². The predicted octanol–water partition coefficient (Wildman–Crippen LogP) is 5.05. The van der Waals surface area contributed by atoms with Gasteiger partial charge < -0.3 is 9.47 Å². The number of benzene rings is 2. The van der Waals surface area contributed by atoms with Crippen LogP contribution in [0, 0.1) is 0 Å². The molecule has 0 bridgehead atoms. The topological polar surface area (TPSA) is 18.5 Å². The van der Waals surface area contributed by atoms with Gasteiger partial charge in [-0.3, -0.25) is 0 Å². The SMILES string of the molecule is COc1cc(CCCCCCc2ccccc2)cc(OC)c1. The Balaban J connectivity index is 1.68. The lowest BCUT2D eigenvalue weighted by Crippen LogP contribution is -1.92. The Morgan fingerprint density at radius 3 is 1.73 bits per heavy atom. The van der Waals surface area contributed by atoms with Gasteiger partial charge in [-0.25, -0.2) is 0 Å². The number of ether oxygens (including phenoxy) is 2. The van der Waals surface area contributed by atoms with Crippen molar-refractivity contribution in [2.45, 2.75) is 38.5 Å². The summed E-state index contributed by atoms with van der Waals surface area (Å²) in [5.41, 5.74) is 2.74. The van der Waals surface area contributed by atoms with E-state index in [0.717, 1.165) is 17.9 Å². The number of aryl methyl sites for hydroxylation is 2. The van der Waals surface area contributed by atoms with Gasteiger partial charge in [-0.1, -0.05) is 43.2 Å². The summed E-state index contributed by atoms with van der Waals surface area (Å²) < 4.78 is 10.6. The molecule has 0 radical (unpaired) electrons. The summed E-state index contributed by atoms with van der Waals surface area (Å²) in [6.45, 7) is 0. The van der Waals surface area contributed by atoms with Crippen molar-refractivity contribution in [1.29, 1.82) is 0 Å². The molecule has 0 spiro atoms. The maximum absolute atomic E-state index is 5.31. The zero-order valence-electron chi connectivity index (χ0n) is 13.7. The van der Waals surface area contributed by atoms with Gasteiger partial charge in [0.05, 0.1) is 14.2 Å². The van der Waals surface area contributed by atoms with E-state index in [0.29, 0.717) is 0 Å². The lowest BCUT2D eigenvalue weighted by atomic mass is 10.0. The summed E-state index contributed by atoms with van der Waals surface area (Å²) in [4.78, 5) is 0. The van der Waals surface area contributed by atoms with Crippen molar-refractivity contribution in [1.82, 2.24) is 0 Å². The van der Waals surface area contributed by atoms with E-state index in [1.165, 1.54) is 43.2 Å². The van der Waals surface area contributed by atoms with Gasteiger partial charge in [0.2, 0.25) is 0 Å². The maximum Gasteiger partial charge on any atom is 0.122 e. The molecule has 118 valence electrons. The molecule has 2 rings (SSSR count). The monoisotopic (exact) mass is 298 g/mol. The summed E-state index contributed by atoms with van der Waals surface area (Å²) in [6, 6.07) is 16.9. The highest BCUT2D eigenvalue weighted by Gasteiger charge is 2.02. The summed E-state index contributed by atoms with van der Waals surface area (Å²) in [6.07, 6.45) is 7.31. The van der Waals surface area contributed by atoms with Crippen LogP contribution in [-0.4, -0.2) is 14.2 Å². The molecule has 0 aliphatic carbocycles. The van der Waals surface area contributed by atoms with Crippen LogP contribution in [0.1, 0.15) is 36.8 Å². The first-order chi connectivity index (χ1) is 10.8. The third-order valence-corrected chi connectivity index (χ3v) is 3.93. The highest BCUT2D eigenvalue weighted by Crippen LogP contribution is 2.23. The standard InChI is InChI=1S/C20H26O2/c1-21-19-14-18(15-20(16-19)22-2)13-7-4-3-6-10-17-11-8-5-9-12-17/h5,8-9,11-12,14-16H,3-4,6-7,10,13H2,1-2H3. The quantitative estimate of drug-likeness (QED) is 0.603. The minimum atomic E-state index is 0.874. The van der Waals surface area contributed by atoms with Gasteiger partial charge in [0, 0.05) is 6.07 Å². The molecule has 0 N–H and O–H groups in total. The summed E-state index contributed by atoms with van der Waals surface area (Å²) in [5.74, 6) is 1.75. The van der Waals surface area contributed by atoms with E-state index in [9.17, 15) is 0 Å². The zero-order chi connectivity index (χ0) is 15.6. The van der Waals surface area contributed by atoms with Crippen LogP contribution in [0.5, 0.6) is 11.5 Å². The molecule has 0 amide bonds. The number of hydrogen-bond donors (Lipinski definition) is 0. The van der Waals surface area contributed by atoms with E-state index < -0.39 is 0 Å². The minimum Gasteiger partial charge on any atom is -0.497 e. The van der Waals surface area contributed by atoms with Crippen LogP contribution in [0.25, 0.3) is 0 Å². The molecule has 0 aliphatic rings. The first-order valence-corrected chi connectivity index (χ1v) is 8.07. The largest absolute Gasteiger partial charge is 0.497 e. The van der Waals surface area contributed by atoms with Crippen molar-refractivity contribution < 1.29 is 9.47 Å². The molecule has 0 aliphatic heterocycles. The van der Waals surface area contributed by atoms with E-state index in [2.05, 4.69) is 42.5 Å². The summed E-state index contributed by atoms with van der Waals surface area (Å²) in [7, 11) is 3.39. The van der Waals surface area contributed by atoms with Crippen LogP contribution in [0.15, 0.2) is 48.5 Å². The number of hydrogen-bond acceptors (Lipinski definition) is 2. The molecule has 22 heavy (non-hydrogen) atoms. The number of methoxy groups -OCH3 is 2. The van der Waals surface area contributed by atoms with E-state index in [1.807, 2.05) is 6.07 Å². The van der Waals surface area contributed by atoms with Crippen molar-refractivity contribution in [3.63, 3.8) is 0 Å². The van der Waals surface area contributed by atoms with Crippen molar-refractivity contribution >= 4 is 0 Å². The molecule has 0 saturated heterocycles. The second kappa shape index (κ2) is 9.14. The Morgan fingerprint density at radius 1 is 0.636 bits per heavy atom. The van der Waals surface area contributed by atoms with Gasteiger partial charge in [0.15, 0.2) is 0 Å². The highest BCUT2D eigenvalue weighted by atomic mass is 16.5. The van der Waals surface area contributed by atoms with Gasteiger partial charge in [0.25, 0.3) is 0 Å². The van der Waals surface area contributed by atoms with Crippen LogP contribution in [0.3, 0.4) is 0 Å². The first-order valence-electron chi connectivity index (χ1n) is 8.07. The summed E-state index contributed by atoms with van der Waals surface area (Å²) >= 11 is 0. The minimum absolute atomic E-state index is 0.874. The molecular formula is C20H26O2. The van der Waals surface area contributed by atoms with Crippen LogP contribution in [-0.2, 0) is 12.8 Å². The molecular weight excluding hydrogens is 272 g/mol. The molecule has 2 aromatic carbocycles. The Bertz CT molecular complexity index is 527. The first kappa shape index (κ1) is 16.4. The lowest BCUT2D eigenvalue weighted by Gasteiger charge is -2.08. The lowest BCUT2D eigenvalue weighted by molar-refractivity contribution is 0.393. The average molecular weight is 298 g/mol. The average Bonchev–Trinajstić information content (AvgIpc) is 2.58. The normalized spacial score (nSPS) is 10.5. The fourth-order valence-corrected chi connectivity index (χ4v) is 2.67. The number of rotatable bonds is 9. The Labute approximate surface area is 134 Å². The molecule has 0 aromatic heterocycles. The van der Waals surface area contributed by atoms with Crippen LogP contribution >= 0.6 is 0 Å². The fraction of sp³-hybridized carbons (Fsp3) is 0.400. The molecule has 0 fully saturated rings. The van der Waals surface area contributed by atoms with Crippen LogP contribution in [0.2, 0.25) is 0 Å². The second-order valence-corrected chi connectivity index (χ2v) is 5.62. The van der Waals surface area contributed by atoms with Gasteiger partial charge in [-0.2, -0.15) is 0 Å². The van der Waals surface area contributed by atoms with Gasteiger partial charge in [-0.15, -0.1) is 0 Å². The van der Waals surface area contributed by atoms with Crippen LogP contribution < -0.4 is 9.47 Å². The Morgan fingerprint density at radius 2 is 1.18 bits per heavy atom. The van der Waals surface area contributed by atoms with E-state index in [1.54, 1.807) is 14.2 Å². The molecule has 0 atom stereocenters. The highest BCUT2D eigenvalue weighted by molar-refractivity contribution is 5.38. The third-order valence-electron chi connectivity index (χ3n) is 3.93. The van der Waals surface area contributed by atoms with Gasteiger partial charge in [0.1, 0.15) is 11.5 Å². The number of unbranched alkanes of at least 4 members (excludes halogenated alkanes) is 3. The molecule has 0 saturated carbocycles. The summed E-state index contributed by atoms with van der Waals surface area (Å²) in [5, 5.41) is 0. The van der Waals surface area contributed by atoms with Crippen molar-refractivity contribution in [3.8, 4) is 11.5 Å². The van der Waals surface area contributed by atoms with E-state index in [-0.39, 0.29) is 0 Å². The maximum atomic E-state index is 5.31. The van der Waals surface area contributed by atoms with Gasteiger partial charge >= 0.3 is 0 Å². The molecule has 2 nitrogen and oxygen atoms in total. The zero-order valence-corrected chi connectivity index (χ0v) is 13.7. The van der Waals surface area contributed by atoms with Crippen molar-refractivity contribution in [3.05, 3.63) is 59.7 Å². The Hall–Kier alpha value is -1.96. The van der Waals surface area contributed by atoms with E-state index >= 15 is 0 Å². The second-order valence-electron chi connectivity index (χ2n) is 5.62. The van der Waals surface area contributed by atoms with Crippen molar-refractivity contribution in [2.24, 2.45) is 0 Å². The van der Waals surface area contributed by atoms with Crippen molar-refractivity contribution in [2.75, 3.05) is 14.2 Å². The predicted molar refractivity (Wildman–Crippen MR) is 91.9 cm³/mol. The fourth-order valence-electron chi connectivity index (χ4n) is 2.67. The van der Waals surface area contributed by atoms with Gasteiger partial charge in [-0.05, 0) is 48.9 Å². The molecule has 2 heteroatoms.